The third-order valence-corrected chi connectivity index (χ3v) is 7.89. The fraction of sp³-hybridized carbons (Fsp3) is 0.680. The molecule has 4 aliphatic rings. The summed E-state index contributed by atoms with van der Waals surface area (Å²) in [6.45, 7) is 4.22. The van der Waals surface area contributed by atoms with Crippen molar-refractivity contribution in [2.24, 2.45) is 0 Å². The van der Waals surface area contributed by atoms with Crippen LogP contribution in [-0.2, 0) is 22.4 Å². The average Bonchev–Trinajstić information content (AvgIpc) is 3.65. The van der Waals surface area contributed by atoms with Gasteiger partial charge in [-0.25, -0.2) is 4.98 Å². The van der Waals surface area contributed by atoms with E-state index in [2.05, 4.69) is 31.4 Å². The Morgan fingerprint density at radius 2 is 1.85 bits per heavy atom. The number of fused-ring (bicyclic) bond motifs is 1. The summed E-state index contributed by atoms with van der Waals surface area (Å²) >= 11 is 0. The van der Waals surface area contributed by atoms with Crippen molar-refractivity contribution < 1.29 is 9.53 Å². The van der Waals surface area contributed by atoms with Crippen LogP contribution in [0.1, 0.15) is 74.2 Å². The van der Waals surface area contributed by atoms with E-state index in [0.29, 0.717) is 11.9 Å². The highest BCUT2D eigenvalue weighted by Crippen LogP contribution is 2.34. The standard InChI is InChI=1S/C25H35N7O2/c33-24(31-11-2-1-3-12-31)21-8-5-13-32(21)25-26-19-7-4-6-18(19)23(28-25)27-22-16-20(29-30-22)17-9-14-34-15-10-17/h16-17,21H,1-15H2,(H2,26,27,28,29,30). The van der Waals surface area contributed by atoms with Crippen LogP contribution >= 0.6 is 0 Å². The molecule has 1 aliphatic carbocycles. The van der Waals surface area contributed by atoms with Crippen LogP contribution in [0.4, 0.5) is 17.6 Å². The molecule has 2 N–H and O–H groups in total. The number of hydrogen-bond acceptors (Lipinski definition) is 7. The number of rotatable bonds is 5. The normalized spacial score (nSPS) is 23.4. The monoisotopic (exact) mass is 465 g/mol. The summed E-state index contributed by atoms with van der Waals surface area (Å²) in [7, 11) is 0. The average molecular weight is 466 g/mol. The third kappa shape index (κ3) is 4.26. The number of piperidine rings is 1. The van der Waals surface area contributed by atoms with Crippen LogP contribution in [-0.4, -0.2) is 69.9 Å². The van der Waals surface area contributed by atoms with E-state index in [9.17, 15) is 4.79 Å². The van der Waals surface area contributed by atoms with Crippen molar-refractivity contribution in [2.75, 3.05) is 43.1 Å². The molecular formula is C25H35N7O2. The number of carbonyl (C=O) groups is 1. The van der Waals surface area contributed by atoms with Crippen LogP contribution < -0.4 is 10.2 Å². The summed E-state index contributed by atoms with van der Waals surface area (Å²) in [5, 5.41) is 11.2. The number of anilines is 3. The number of nitrogens with zero attached hydrogens (tertiary/aromatic N) is 5. The second kappa shape index (κ2) is 9.52. The number of ether oxygens (including phenoxy) is 1. The zero-order valence-electron chi connectivity index (χ0n) is 19.9. The molecule has 0 bridgehead atoms. The smallest absolute Gasteiger partial charge is 0.245 e. The molecule has 9 nitrogen and oxygen atoms in total. The fourth-order valence-electron chi connectivity index (χ4n) is 5.98. The molecule has 5 heterocycles. The van der Waals surface area contributed by atoms with Crippen LogP contribution in [0.25, 0.3) is 0 Å². The molecule has 2 aromatic rings. The Bertz CT molecular complexity index is 1030. The molecule has 0 aromatic carbocycles. The van der Waals surface area contributed by atoms with Crippen LogP contribution in [0, 0.1) is 0 Å². The summed E-state index contributed by atoms with van der Waals surface area (Å²) in [6, 6.07) is 1.97. The van der Waals surface area contributed by atoms with Gasteiger partial charge < -0.3 is 19.9 Å². The highest BCUT2D eigenvalue weighted by atomic mass is 16.5. The summed E-state index contributed by atoms with van der Waals surface area (Å²) in [6.07, 6.45) is 10.4. The molecule has 0 spiro atoms. The van der Waals surface area contributed by atoms with Crippen molar-refractivity contribution >= 4 is 23.5 Å². The number of nitrogens with one attached hydrogen (secondary N) is 2. The highest BCUT2D eigenvalue weighted by molar-refractivity contribution is 5.85. The zero-order valence-corrected chi connectivity index (χ0v) is 19.9. The number of aryl methyl sites for hydroxylation is 1. The van der Waals surface area contributed by atoms with Gasteiger partial charge in [-0.15, -0.1) is 0 Å². The van der Waals surface area contributed by atoms with Crippen molar-refractivity contribution in [1.29, 1.82) is 0 Å². The number of carbonyl (C=O) groups excluding carboxylic acids is 1. The molecule has 9 heteroatoms. The minimum atomic E-state index is -0.143. The van der Waals surface area contributed by atoms with Gasteiger partial charge in [-0.1, -0.05) is 0 Å². The molecule has 0 saturated carbocycles. The molecule has 1 unspecified atom stereocenters. The number of hydrogen-bond donors (Lipinski definition) is 2. The van der Waals surface area contributed by atoms with Gasteiger partial charge >= 0.3 is 0 Å². The fourth-order valence-corrected chi connectivity index (χ4v) is 5.98. The molecule has 0 radical (unpaired) electrons. The SMILES string of the molecule is O=C(C1CCCN1c1nc2c(c(Nc3cc(C4CCOCC4)[nH]n3)n1)CCC2)N1CCCCC1. The van der Waals surface area contributed by atoms with E-state index < -0.39 is 0 Å². The van der Waals surface area contributed by atoms with Gasteiger partial charge in [0.1, 0.15) is 11.9 Å². The van der Waals surface area contributed by atoms with Gasteiger partial charge in [-0.3, -0.25) is 9.89 Å². The third-order valence-electron chi connectivity index (χ3n) is 7.89. The first-order valence-corrected chi connectivity index (χ1v) is 13.1. The summed E-state index contributed by atoms with van der Waals surface area (Å²) < 4.78 is 5.50. The van der Waals surface area contributed by atoms with Gasteiger partial charge in [-0.2, -0.15) is 10.1 Å². The minimum Gasteiger partial charge on any atom is -0.381 e. The number of likely N-dealkylation sites (tertiary alicyclic amines) is 1. The van der Waals surface area contributed by atoms with Gasteiger partial charge in [-0.05, 0) is 64.2 Å². The molecule has 3 aliphatic heterocycles. The second-order valence-electron chi connectivity index (χ2n) is 10.1. The topological polar surface area (TPSA) is 99.3 Å². The van der Waals surface area contributed by atoms with E-state index in [1.54, 1.807) is 0 Å². The summed E-state index contributed by atoms with van der Waals surface area (Å²) in [5.74, 6) is 3.05. The first kappa shape index (κ1) is 21.8. The Balaban J connectivity index is 1.24. The number of amides is 1. The lowest BCUT2D eigenvalue weighted by Gasteiger charge is -2.32. The predicted octanol–water partition coefficient (Wildman–Crippen LogP) is 3.31. The largest absolute Gasteiger partial charge is 0.381 e. The van der Waals surface area contributed by atoms with Crippen LogP contribution in [0.15, 0.2) is 6.07 Å². The Morgan fingerprint density at radius 3 is 2.71 bits per heavy atom. The van der Waals surface area contributed by atoms with E-state index in [-0.39, 0.29) is 11.9 Å². The summed E-state index contributed by atoms with van der Waals surface area (Å²) in [5.41, 5.74) is 3.46. The molecule has 182 valence electrons. The van der Waals surface area contributed by atoms with Crippen molar-refractivity contribution in [3.8, 4) is 0 Å². The highest BCUT2D eigenvalue weighted by Gasteiger charge is 2.36. The Hall–Kier alpha value is -2.68. The lowest BCUT2D eigenvalue weighted by molar-refractivity contribution is -0.133. The quantitative estimate of drug-likeness (QED) is 0.699. The van der Waals surface area contributed by atoms with Gasteiger partial charge in [0.25, 0.3) is 0 Å². The molecule has 1 atom stereocenters. The number of H-pyrrole nitrogens is 1. The van der Waals surface area contributed by atoms with E-state index >= 15 is 0 Å². The maximum atomic E-state index is 13.3. The molecular weight excluding hydrogens is 430 g/mol. The van der Waals surface area contributed by atoms with Crippen molar-refractivity contribution in [3.05, 3.63) is 23.0 Å². The molecule has 34 heavy (non-hydrogen) atoms. The predicted molar refractivity (Wildman–Crippen MR) is 130 cm³/mol. The van der Waals surface area contributed by atoms with E-state index in [1.165, 1.54) is 12.0 Å². The maximum absolute atomic E-state index is 13.3. The van der Waals surface area contributed by atoms with Crippen molar-refractivity contribution in [1.82, 2.24) is 25.1 Å². The molecule has 2 aromatic heterocycles. The number of aromatic amines is 1. The lowest BCUT2D eigenvalue weighted by atomic mass is 9.97. The van der Waals surface area contributed by atoms with Gasteiger partial charge in [0, 0.05) is 56.1 Å². The van der Waals surface area contributed by atoms with Crippen molar-refractivity contribution in [2.45, 2.75) is 76.2 Å². The van der Waals surface area contributed by atoms with Gasteiger partial charge in [0.15, 0.2) is 5.82 Å². The molecule has 1 amide bonds. The Kier molecular flexibility index (Phi) is 6.11. The Labute approximate surface area is 200 Å². The van der Waals surface area contributed by atoms with Crippen molar-refractivity contribution in [3.63, 3.8) is 0 Å². The Morgan fingerprint density at radius 1 is 1.00 bits per heavy atom. The molecule has 3 fully saturated rings. The van der Waals surface area contributed by atoms with Crippen LogP contribution in [0.5, 0.6) is 0 Å². The number of aromatic nitrogens is 4. The minimum absolute atomic E-state index is 0.143. The second-order valence-corrected chi connectivity index (χ2v) is 10.1. The first-order valence-electron chi connectivity index (χ1n) is 13.1. The lowest BCUT2D eigenvalue weighted by Crippen LogP contribution is -2.48. The van der Waals surface area contributed by atoms with Crippen LogP contribution in [0.3, 0.4) is 0 Å². The van der Waals surface area contributed by atoms with E-state index in [0.717, 1.165) is 114 Å². The van der Waals surface area contributed by atoms with E-state index in [1.807, 2.05) is 0 Å². The summed E-state index contributed by atoms with van der Waals surface area (Å²) in [4.78, 5) is 27.5. The first-order chi connectivity index (χ1) is 16.8. The molecule has 3 saturated heterocycles. The zero-order chi connectivity index (χ0) is 22.9. The van der Waals surface area contributed by atoms with E-state index in [4.69, 9.17) is 14.7 Å². The van der Waals surface area contributed by atoms with Crippen LogP contribution in [0.2, 0.25) is 0 Å². The van der Waals surface area contributed by atoms with Gasteiger partial charge in [0.05, 0.1) is 5.69 Å². The van der Waals surface area contributed by atoms with Gasteiger partial charge in [0.2, 0.25) is 11.9 Å². The molecule has 6 rings (SSSR count). The maximum Gasteiger partial charge on any atom is 0.245 e.